The summed E-state index contributed by atoms with van der Waals surface area (Å²) in [7, 11) is 0. The van der Waals surface area contributed by atoms with Crippen molar-refractivity contribution in [3.63, 3.8) is 0 Å². The Morgan fingerprint density at radius 1 is 1.31 bits per heavy atom. The molecule has 94 valence electrons. The van der Waals surface area contributed by atoms with Gasteiger partial charge in [-0.25, -0.2) is 0 Å². The van der Waals surface area contributed by atoms with E-state index in [1.165, 1.54) is 38.5 Å². The number of primary amides is 1. The maximum atomic E-state index is 11.4. The van der Waals surface area contributed by atoms with E-state index in [0.29, 0.717) is 12.0 Å². The third kappa shape index (κ3) is 4.12. The first-order chi connectivity index (χ1) is 7.65. The first-order valence-electron chi connectivity index (χ1n) is 6.70. The van der Waals surface area contributed by atoms with Crippen LogP contribution in [0.5, 0.6) is 0 Å². The van der Waals surface area contributed by atoms with Gasteiger partial charge in [-0.2, -0.15) is 0 Å². The van der Waals surface area contributed by atoms with Crippen LogP contribution in [-0.4, -0.2) is 18.0 Å². The van der Waals surface area contributed by atoms with E-state index in [0.717, 1.165) is 6.42 Å². The van der Waals surface area contributed by atoms with E-state index in [4.69, 9.17) is 5.73 Å². The number of hydrogen-bond donors (Lipinski definition) is 2. The van der Waals surface area contributed by atoms with Gasteiger partial charge in [0.1, 0.15) is 0 Å². The molecule has 0 aromatic rings. The first-order valence-corrected chi connectivity index (χ1v) is 6.70. The van der Waals surface area contributed by atoms with Gasteiger partial charge >= 0.3 is 0 Å². The van der Waals surface area contributed by atoms with Crippen molar-refractivity contribution in [3.8, 4) is 0 Å². The van der Waals surface area contributed by atoms with Gasteiger partial charge in [0.05, 0.1) is 6.04 Å². The normalized spacial score (nSPS) is 22.4. The molecule has 3 heteroatoms. The summed E-state index contributed by atoms with van der Waals surface area (Å²) in [6.45, 7) is 4.20. The predicted molar refractivity (Wildman–Crippen MR) is 67.1 cm³/mol. The molecule has 0 aromatic carbocycles. The van der Waals surface area contributed by atoms with Gasteiger partial charge in [-0.1, -0.05) is 46.0 Å². The Morgan fingerprint density at radius 3 is 2.31 bits per heavy atom. The highest BCUT2D eigenvalue weighted by Gasteiger charge is 2.24. The van der Waals surface area contributed by atoms with Crippen LogP contribution in [0, 0.1) is 5.92 Å². The molecule has 0 saturated heterocycles. The van der Waals surface area contributed by atoms with Crippen molar-refractivity contribution in [2.24, 2.45) is 11.7 Å². The molecule has 3 N–H and O–H groups in total. The molecule has 1 rings (SSSR count). The quantitative estimate of drug-likeness (QED) is 0.706. The van der Waals surface area contributed by atoms with E-state index < -0.39 is 0 Å². The van der Waals surface area contributed by atoms with Crippen LogP contribution < -0.4 is 11.1 Å². The fourth-order valence-electron chi connectivity index (χ4n) is 2.46. The van der Waals surface area contributed by atoms with E-state index in [1.54, 1.807) is 0 Å². The van der Waals surface area contributed by atoms with Gasteiger partial charge in [0.2, 0.25) is 5.91 Å². The molecule has 1 fully saturated rings. The van der Waals surface area contributed by atoms with Crippen LogP contribution in [0.2, 0.25) is 0 Å². The summed E-state index contributed by atoms with van der Waals surface area (Å²) >= 11 is 0. The minimum Gasteiger partial charge on any atom is -0.368 e. The Kier molecular flexibility index (Phi) is 5.81. The Labute approximate surface area is 99.2 Å². The van der Waals surface area contributed by atoms with Crippen LogP contribution in [0.4, 0.5) is 0 Å². The molecule has 0 radical (unpaired) electrons. The van der Waals surface area contributed by atoms with Gasteiger partial charge in [0.25, 0.3) is 0 Å². The molecule has 1 aliphatic rings. The lowest BCUT2D eigenvalue weighted by atomic mass is 9.96. The van der Waals surface area contributed by atoms with E-state index in [9.17, 15) is 4.79 Å². The van der Waals surface area contributed by atoms with Crippen LogP contribution >= 0.6 is 0 Å². The van der Waals surface area contributed by atoms with Crippen molar-refractivity contribution >= 4 is 5.91 Å². The van der Waals surface area contributed by atoms with Crippen molar-refractivity contribution in [1.29, 1.82) is 0 Å². The SMILES string of the molecule is CCC(C)C(NC1CCCCCC1)C(N)=O. The summed E-state index contributed by atoms with van der Waals surface area (Å²) in [6.07, 6.45) is 8.62. The van der Waals surface area contributed by atoms with Crippen LogP contribution in [-0.2, 0) is 4.79 Å². The minimum absolute atomic E-state index is 0.145. The molecule has 1 saturated carbocycles. The number of nitrogens with two attached hydrogens (primary N) is 1. The average molecular weight is 226 g/mol. The van der Waals surface area contributed by atoms with Crippen LogP contribution in [0.1, 0.15) is 58.8 Å². The molecule has 0 heterocycles. The second-order valence-corrected chi connectivity index (χ2v) is 5.12. The van der Waals surface area contributed by atoms with Crippen molar-refractivity contribution in [3.05, 3.63) is 0 Å². The maximum absolute atomic E-state index is 11.4. The van der Waals surface area contributed by atoms with Crippen LogP contribution in [0.3, 0.4) is 0 Å². The number of amides is 1. The number of hydrogen-bond acceptors (Lipinski definition) is 2. The number of rotatable bonds is 5. The maximum Gasteiger partial charge on any atom is 0.234 e. The lowest BCUT2D eigenvalue weighted by Gasteiger charge is -2.26. The zero-order valence-corrected chi connectivity index (χ0v) is 10.7. The highest BCUT2D eigenvalue weighted by Crippen LogP contribution is 2.19. The van der Waals surface area contributed by atoms with Crippen LogP contribution in [0.25, 0.3) is 0 Å². The molecule has 1 amide bonds. The van der Waals surface area contributed by atoms with E-state index in [1.807, 2.05) is 0 Å². The minimum atomic E-state index is -0.196. The van der Waals surface area contributed by atoms with Gasteiger partial charge in [-0.05, 0) is 18.8 Å². The summed E-state index contributed by atoms with van der Waals surface area (Å²) in [4.78, 5) is 11.4. The second-order valence-electron chi connectivity index (χ2n) is 5.12. The first kappa shape index (κ1) is 13.5. The molecule has 2 unspecified atom stereocenters. The molecule has 0 aromatic heterocycles. The van der Waals surface area contributed by atoms with E-state index in [2.05, 4.69) is 19.2 Å². The number of nitrogens with one attached hydrogen (secondary N) is 1. The van der Waals surface area contributed by atoms with Gasteiger partial charge in [-0.15, -0.1) is 0 Å². The smallest absolute Gasteiger partial charge is 0.234 e. The topological polar surface area (TPSA) is 55.1 Å². The van der Waals surface area contributed by atoms with Crippen molar-refractivity contribution in [2.75, 3.05) is 0 Å². The lowest BCUT2D eigenvalue weighted by molar-refractivity contribution is -0.121. The fourth-order valence-corrected chi connectivity index (χ4v) is 2.46. The zero-order chi connectivity index (χ0) is 12.0. The zero-order valence-electron chi connectivity index (χ0n) is 10.7. The lowest BCUT2D eigenvalue weighted by Crippen LogP contribution is -2.49. The Bertz CT molecular complexity index is 210. The molecule has 3 nitrogen and oxygen atoms in total. The van der Waals surface area contributed by atoms with Gasteiger partial charge in [-0.3, -0.25) is 4.79 Å². The van der Waals surface area contributed by atoms with Gasteiger partial charge in [0, 0.05) is 6.04 Å². The highest BCUT2D eigenvalue weighted by molar-refractivity contribution is 5.80. The summed E-state index contributed by atoms with van der Waals surface area (Å²) < 4.78 is 0. The van der Waals surface area contributed by atoms with Gasteiger partial charge < -0.3 is 11.1 Å². The van der Waals surface area contributed by atoms with Crippen LogP contribution in [0.15, 0.2) is 0 Å². The summed E-state index contributed by atoms with van der Waals surface area (Å²) in [5.74, 6) is 0.138. The fraction of sp³-hybridized carbons (Fsp3) is 0.923. The Morgan fingerprint density at radius 2 is 1.88 bits per heavy atom. The van der Waals surface area contributed by atoms with Gasteiger partial charge in [0.15, 0.2) is 0 Å². The van der Waals surface area contributed by atoms with E-state index >= 15 is 0 Å². The molecular weight excluding hydrogens is 200 g/mol. The number of carbonyl (C=O) groups excluding carboxylic acids is 1. The largest absolute Gasteiger partial charge is 0.368 e. The predicted octanol–water partition coefficient (Wildman–Crippen LogP) is 2.20. The highest BCUT2D eigenvalue weighted by atomic mass is 16.1. The molecule has 0 bridgehead atoms. The third-order valence-corrected chi connectivity index (χ3v) is 3.79. The molecule has 2 atom stereocenters. The molecule has 0 spiro atoms. The Balaban J connectivity index is 2.49. The summed E-state index contributed by atoms with van der Waals surface area (Å²) in [6, 6.07) is 0.349. The van der Waals surface area contributed by atoms with E-state index in [-0.39, 0.29) is 11.9 Å². The molecule has 16 heavy (non-hydrogen) atoms. The average Bonchev–Trinajstić information content (AvgIpc) is 2.52. The molecule has 1 aliphatic carbocycles. The number of carbonyl (C=O) groups is 1. The van der Waals surface area contributed by atoms with Crippen molar-refractivity contribution in [2.45, 2.75) is 70.9 Å². The van der Waals surface area contributed by atoms with Crippen molar-refractivity contribution in [1.82, 2.24) is 5.32 Å². The third-order valence-electron chi connectivity index (χ3n) is 3.79. The monoisotopic (exact) mass is 226 g/mol. The summed E-state index contributed by atoms with van der Waals surface area (Å²) in [5, 5.41) is 3.47. The Hall–Kier alpha value is -0.570. The second kappa shape index (κ2) is 6.89. The summed E-state index contributed by atoms with van der Waals surface area (Å²) in [5.41, 5.74) is 5.47. The molecular formula is C13H26N2O. The molecule has 0 aliphatic heterocycles. The van der Waals surface area contributed by atoms with Crippen molar-refractivity contribution < 1.29 is 4.79 Å². The standard InChI is InChI=1S/C13H26N2O/c1-3-10(2)12(13(14)16)15-11-8-6-4-5-7-9-11/h10-12,15H,3-9H2,1-2H3,(H2,14,16).